The van der Waals surface area contributed by atoms with Crippen molar-refractivity contribution in [1.29, 1.82) is 0 Å². The van der Waals surface area contributed by atoms with Crippen LogP contribution in [0.1, 0.15) is 28.4 Å². The number of hydrogen-bond acceptors (Lipinski definition) is 4. The Morgan fingerprint density at radius 2 is 2.07 bits per heavy atom. The Labute approximate surface area is 156 Å². The van der Waals surface area contributed by atoms with Gasteiger partial charge >= 0.3 is 10.2 Å². The number of anilines is 1. The number of aromatic nitrogens is 2. The van der Waals surface area contributed by atoms with Crippen LogP contribution in [0.5, 0.6) is 0 Å². The number of aryl methyl sites for hydroxylation is 1. The highest BCUT2D eigenvalue weighted by Gasteiger charge is 2.23. The van der Waals surface area contributed by atoms with Gasteiger partial charge < -0.3 is 4.98 Å². The van der Waals surface area contributed by atoms with Crippen molar-refractivity contribution in [2.45, 2.75) is 13.8 Å². The van der Waals surface area contributed by atoms with Crippen LogP contribution in [0.25, 0.3) is 11.0 Å². The molecule has 3 aromatic rings. The molecule has 27 heavy (non-hydrogen) atoms. The van der Waals surface area contributed by atoms with Crippen molar-refractivity contribution in [2.75, 3.05) is 18.3 Å². The molecule has 2 aromatic heterocycles. The highest BCUT2D eigenvalue weighted by Crippen LogP contribution is 2.25. The second-order valence-electron chi connectivity index (χ2n) is 6.13. The van der Waals surface area contributed by atoms with Crippen LogP contribution >= 0.6 is 0 Å². The van der Waals surface area contributed by atoms with E-state index in [4.69, 9.17) is 0 Å². The zero-order valence-electron chi connectivity index (χ0n) is 15.1. The zero-order chi connectivity index (χ0) is 19.8. The van der Waals surface area contributed by atoms with E-state index in [2.05, 4.69) is 14.7 Å². The molecule has 0 aliphatic rings. The van der Waals surface area contributed by atoms with Gasteiger partial charge in [-0.1, -0.05) is 13.0 Å². The number of fused-ring (bicyclic) bond motifs is 1. The lowest BCUT2D eigenvalue weighted by molar-refractivity contribution is 0.103. The molecule has 1 aromatic carbocycles. The standard InChI is InChI=1S/C18H19FN4O3S/c1-4-23(3)27(25,26)22-15-7-5-6-12(16(15)19)17(24)14-10-21-18-13(14)8-11(2)9-20-18/h5-10,22H,4H2,1-3H3,(H,20,21). The van der Waals surface area contributed by atoms with Crippen molar-refractivity contribution < 1.29 is 17.6 Å². The van der Waals surface area contributed by atoms with Gasteiger partial charge in [0.2, 0.25) is 0 Å². The van der Waals surface area contributed by atoms with Crippen LogP contribution in [0.15, 0.2) is 36.7 Å². The van der Waals surface area contributed by atoms with Crippen LogP contribution in [0, 0.1) is 12.7 Å². The lowest BCUT2D eigenvalue weighted by Crippen LogP contribution is -2.32. The fourth-order valence-corrected chi connectivity index (χ4v) is 3.55. The van der Waals surface area contributed by atoms with Crippen LogP contribution in [0.4, 0.5) is 10.1 Å². The minimum absolute atomic E-state index is 0.220. The molecule has 2 N–H and O–H groups in total. The van der Waals surface area contributed by atoms with E-state index in [-0.39, 0.29) is 23.4 Å². The topological polar surface area (TPSA) is 95.2 Å². The van der Waals surface area contributed by atoms with Gasteiger partial charge in [-0.05, 0) is 30.7 Å². The molecule has 9 heteroatoms. The number of carbonyl (C=O) groups is 1. The highest BCUT2D eigenvalue weighted by molar-refractivity contribution is 7.90. The lowest BCUT2D eigenvalue weighted by Gasteiger charge is -2.17. The van der Waals surface area contributed by atoms with Crippen LogP contribution in [-0.2, 0) is 10.2 Å². The quantitative estimate of drug-likeness (QED) is 0.633. The first-order chi connectivity index (χ1) is 12.7. The lowest BCUT2D eigenvalue weighted by atomic mass is 10.0. The van der Waals surface area contributed by atoms with E-state index in [0.717, 1.165) is 9.87 Å². The first-order valence-electron chi connectivity index (χ1n) is 8.25. The molecule has 3 rings (SSSR count). The Hall–Kier alpha value is -2.78. The number of halogens is 1. The summed E-state index contributed by atoms with van der Waals surface area (Å²) in [4.78, 5) is 20.0. The molecule has 142 valence electrons. The molecule has 0 saturated heterocycles. The molecule has 7 nitrogen and oxygen atoms in total. The van der Waals surface area contributed by atoms with E-state index in [0.29, 0.717) is 11.0 Å². The van der Waals surface area contributed by atoms with Crippen LogP contribution in [0.3, 0.4) is 0 Å². The molecule has 2 heterocycles. The third-order valence-corrected chi connectivity index (χ3v) is 5.81. The third kappa shape index (κ3) is 3.56. The maximum Gasteiger partial charge on any atom is 0.301 e. The summed E-state index contributed by atoms with van der Waals surface area (Å²) in [5, 5.41) is 0.580. The van der Waals surface area contributed by atoms with Crippen molar-refractivity contribution >= 4 is 32.7 Å². The number of benzene rings is 1. The minimum atomic E-state index is -3.91. The van der Waals surface area contributed by atoms with Gasteiger partial charge in [0, 0.05) is 36.9 Å². The van der Waals surface area contributed by atoms with Gasteiger partial charge in [-0.2, -0.15) is 12.7 Å². The normalized spacial score (nSPS) is 11.9. The summed E-state index contributed by atoms with van der Waals surface area (Å²) in [5.74, 6) is -1.48. The maximum absolute atomic E-state index is 14.9. The molecular formula is C18H19FN4O3S. The second kappa shape index (κ2) is 7.09. The van der Waals surface area contributed by atoms with Crippen molar-refractivity contribution in [1.82, 2.24) is 14.3 Å². The van der Waals surface area contributed by atoms with Gasteiger partial charge in [0.15, 0.2) is 11.6 Å². The van der Waals surface area contributed by atoms with Gasteiger partial charge in [0.1, 0.15) is 5.65 Å². The molecule has 0 spiro atoms. The van der Waals surface area contributed by atoms with Crippen molar-refractivity contribution in [3.8, 4) is 0 Å². The summed E-state index contributed by atoms with van der Waals surface area (Å²) in [7, 11) is -2.54. The molecule has 0 fully saturated rings. The number of H-pyrrole nitrogens is 1. The Balaban J connectivity index is 2.02. The zero-order valence-corrected chi connectivity index (χ0v) is 15.9. The summed E-state index contributed by atoms with van der Waals surface area (Å²) in [6.45, 7) is 3.72. The number of nitrogens with one attached hydrogen (secondary N) is 2. The predicted molar refractivity (Wildman–Crippen MR) is 102 cm³/mol. The number of nitrogens with zero attached hydrogens (tertiary/aromatic N) is 2. The summed E-state index contributed by atoms with van der Waals surface area (Å²) in [5.41, 5.74) is 1.14. The van der Waals surface area contributed by atoms with E-state index >= 15 is 0 Å². The molecule has 0 aliphatic carbocycles. The Kier molecular flexibility index (Phi) is 4.99. The summed E-state index contributed by atoms with van der Waals surface area (Å²) in [6, 6.07) is 5.81. The Bertz CT molecular complexity index is 1120. The van der Waals surface area contributed by atoms with Crippen LogP contribution < -0.4 is 4.72 Å². The minimum Gasteiger partial charge on any atom is -0.345 e. The fourth-order valence-electron chi connectivity index (χ4n) is 2.61. The molecule has 0 aliphatic heterocycles. The number of pyridine rings is 1. The van der Waals surface area contributed by atoms with Gasteiger partial charge in [-0.25, -0.2) is 9.37 Å². The first kappa shape index (κ1) is 19.0. The molecule has 0 amide bonds. The molecule has 0 bridgehead atoms. The van der Waals surface area contributed by atoms with Crippen LogP contribution in [-0.4, -0.2) is 42.1 Å². The number of ketones is 1. The first-order valence-corrected chi connectivity index (χ1v) is 9.69. The van der Waals surface area contributed by atoms with Gasteiger partial charge in [-0.15, -0.1) is 0 Å². The average molecular weight is 390 g/mol. The van der Waals surface area contributed by atoms with Crippen molar-refractivity contribution in [2.24, 2.45) is 0 Å². The molecule has 0 atom stereocenters. The SMILES string of the molecule is CCN(C)S(=O)(=O)Nc1cccc(C(=O)c2c[nH]c3ncc(C)cc23)c1F. The Morgan fingerprint density at radius 3 is 2.78 bits per heavy atom. The van der Waals surface area contributed by atoms with Gasteiger partial charge in [0.25, 0.3) is 0 Å². The maximum atomic E-state index is 14.9. The van der Waals surface area contributed by atoms with E-state index in [1.165, 1.54) is 31.4 Å². The molecule has 0 unspecified atom stereocenters. The van der Waals surface area contributed by atoms with Crippen LogP contribution in [0.2, 0.25) is 0 Å². The monoisotopic (exact) mass is 390 g/mol. The van der Waals surface area contributed by atoms with E-state index in [9.17, 15) is 17.6 Å². The third-order valence-electron chi connectivity index (χ3n) is 4.25. The second-order valence-corrected chi connectivity index (χ2v) is 7.91. The largest absolute Gasteiger partial charge is 0.345 e. The summed E-state index contributed by atoms with van der Waals surface area (Å²) >= 11 is 0. The van der Waals surface area contributed by atoms with Gasteiger partial charge in [0.05, 0.1) is 11.3 Å². The Morgan fingerprint density at radius 1 is 1.33 bits per heavy atom. The number of hydrogen-bond donors (Lipinski definition) is 2. The van der Waals surface area contributed by atoms with Crippen molar-refractivity contribution in [3.63, 3.8) is 0 Å². The average Bonchev–Trinajstić information content (AvgIpc) is 3.05. The molecular weight excluding hydrogens is 371 g/mol. The van der Waals surface area contributed by atoms with Crippen molar-refractivity contribution in [3.05, 3.63) is 59.2 Å². The summed E-state index contributed by atoms with van der Waals surface area (Å²) < 4.78 is 42.4. The number of rotatable bonds is 6. The van der Waals surface area contributed by atoms with E-state index in [1.54, 1.807) is 19.2 Å². The fraction of sp³-hybridized carbons (Fsp3) is 0.222. The van der Waals surface area contributed by atoms with Gasteiger partial charge in [-0.3, -0.25) is 9.52 Å². The van der Waals surface area contributed by atoms with E-state index in [1.807, 2.05) is 6.92 Å². The predicted octanol–water partition coefficient (Wildman–Crippen LogP) is 2.85. The molecule has 0 saturated carbocycles. The number of carbonyl (C=O) groups excluding carboxylic acids is 1. The smallest absolute Gasteiger partial charge is 0.301 e. The summed E-state index contributed by atoms with van der Waals surface area (Å²) in [6.07, 6.45) is 3.13. The highest BCUT2D eigenvalue weighted by atomic mass is 32.2. The number of aromatic amines is 1. The molecule has 0 radical (unpaired) electrons. The van der Waals surface area contributed by atoms with E-state index < -0.39 is 21.8 Å².